The number of ether oxygens (including phenoxy) is 1. The highest BCUT2D eigenvalue weighted by atomic mass is 32.2. The maximum Gasteiger partial charge on any atom is 0.352 e. The Morgan fingerprint density at radius 3 is 2.62 bits per heavy atom. The van der Waals surface area contributed by atoms with Crippen LogP contribution in [0.15, 0.2) is 77.1 Å². The maximum atomic E-state index is 13.4. The van der Waals surface area contributed by atoms with E-state index in [9.17, 15) is 19.5 Å². The minimum atomic E-state index is -1.18. The summed E-state index contributed by atoms with van der Waals surface area (Å²) in [5, 5.41) is 25.6. The number of nitrogens with one attached hydrogen (secondary N) is 2. The van der Waals surface area contributed by atoms with Crippen molar-refractivity contribution in [3.05, 3.63) is 83.1 Å². The third-order valence-corrected chi connectivity index (χ3v) is 9.40. The van der Waals surface area contributed by atoms with Gasteiger partial charge in [0, 0.05) is 11.5 Å². The number of carbonyl (C=O) groups is 3. The van der Waals surface area contributed by atoms with E-state index in [1.54, 1.807) is 0 Å². The predicted molar refractivity (Wildman–Crippen MR) is 147 cm³/mol. The topological polar surface area (TPSA) is 150 Å². The van der Waals surface area contributed by atoms with Crippen molar-refractivity contribution < 1.29 is 24.2 Å². The van der Waals surface area contributed by atoms with Crippen molar-refractivity contribution in [3.8, 4) is 0 Å². The van der Waals surface area contributed by atoms with E-state index in [2.05, 4.69) is 25.9 Å². The molecular formula is C25H24N6O5S3. The minimum Gasteiger partial charge on any atom is -0.477 e. The first-order valence-corrected chi connectivity index (χ1v) is 15.0. The van der Waals surface area contributed by atoms with Gasteiger partial charge in [-0.15, -0.1) is 33.7 Å². The highest BCUT2D eigenvalue weighted by molar-refractivity contribution is 8.01. The summed E-state index contributed by atoms with van der Waals surface area (Å²) in [5.41, 5.74) is 2.36. The molecule has 0 radical (unpaired) electrons. The van der Waals surface area contributed by atoms with Crippen molar-refractivity contribution in [3.63, 3.8) is 0 Å². The first-order chi connectivity index (χ1) is 19.0. The Bertz CT molecular complexity index is 1340. The van der Waals surface area contributed by atoms with Gasteiger partial charge in [0.05, 0.1) is 12.5 Å². The first kappa shape index (κ1) is 27.2. The molecule has 11 nitrogen and oxygen atoms in total. The highest BCUT2D eigenvalue weighted by Gasteiger charge is 2.54. The Labute approximate surface area is 236 Å². The van der Waals surface area contributed by atoms with Crippen molar-refractivity contribution >= 4 is 53.1 Å². The average Bonchev–Trinajstić information content (AvgIpc) is 3.49. The van der Waals surface area contributed by atoms with Gasteiger partial charge in [-0.25, -0.2) is 4.79 Å². The van der Waals surface area contributed by atoms with Gasteiger partial charge in [-0.05, 0) is 21.9 Å². The molecule has 0 aliphatic carbocycles. The molecule has 202 valence electrons. The number of benzene rings is 2. The van der Waals surface area contributed by atoms with E-state index in [0.717, 1.165) is 11.1 Å². The predicted octanol–water partition coefficient (Wildman–Crippen LogP) is 2.68. The third-order valence-electron chi connectivity index (χ3n) is 6.02. The second-order valence-corrected chi connectivity index (χ2v) is 11.6. The number of fused-ring (bicyclic) bond motifs is 1. The lowest BCUT2D eigenvalue weighted by Gasteiger charge is -2.49. The molecule has 0 spiro atoms. The van der Waals surface area contributed by atoms with Crippen molar-refractivity contribution in [1.82, 2.24) is 30.8 Å². The molecule has 2 aliphatic heterocycles. The van der Waals surface area contributed by atoms with Crippen LogP contribution in [0.4, 0.5) is 0 Å². The Balaban J connectivity index is 1.23. The van der Waals surface area contributed by atoms with Gasteiger partial charge in [0.2, 0.25) is 11.1 Å². The number of hydrogen-bond donors (Lipinski definition) is 3. The Hall–Kier alpha value is -3.33. The number of amides is 2. The Morgan fingerprint density at radius 2 is 1.92 bits per heavy atom. The van der Waals surface area contributed by atoms with E-state index in [1.165, 1.54) is 40.2 Å². The Morgan fingerprint density at radius 1 is 1.18 bits per heavy atom. The van der Waals surface area contributed by atoms with Crippen LogP contribution in [0, 0.1) is 0 Å². The van der Waals surface area contributed by atoms with Crippen molar-refractivity contribution in [2.75, 3.05) is 17.4 Å². The monoisotopic (exact) mass is 584 g/mol. The molecule has 0 saturated carbocycles. The SMILES string of the molecule is O=C(O)C1=C(CSc2nn[nH]n2)CSC2[C@@H](NC(=O)C(SCOCc3ccccc3)c3ccccc3)C(=O)N12. The van der Waals surface area contributed by atoms with Crippen LogP contribution < -0.4 is 5.32 Å². The molecule has 39 heavy (non-hydrogen) atoms. The lowest BCUT2D eigenvalue weighted by molar-refractivity contribution is -0.150. The van der Waals surface area contributed by atoms with Gasteiger partial charge >= 0.3 is 5.97 Å². The largest absolute Gasteiger partial charge is 0.477 e. The van der Waals surface area contributed by atoms with Crippen LogP contribution in [0.2, 0.25) is 0 Å². The molecule has 2 amide bonds. The number of carboxylic acids is 1. The number of nitrogens with zero attached hydrogens (tertiary/aromatic N) is 4. The molecule has 1 fully saturated rings. The number of tetrazole rings is 1. The van der Waals surface area contributed by atoms with Crippen LogP contribution in [0.1, 0.15) is 16.4 Å². The zero-order valence-corrected chi connectivity index (χ0v) is 22.9. The van der Waals surface area contributed by atoms with Gasteiger partial charge in [0.1, 0.15) is 22.4 Å². The van der Waals surface area contributed by atoms with E-state index in [-0.39, 0.29) is 17.5 Å². The number of rotatable bonds is 12. The summed E-state index contributed by atoms with van der Waals surface area (Å²) < 4.78 is 5.79. The lowest BCUT2D eigenvalue weighted by Crippen LogP contribution is -2.70. The number of thioether (sulfide) groups is 3. The van der Waals surface area contributed by atoms with Crippen LogP contribution in [0.5, 0.6) is 0 Å². The van der Waals surface area contributed by atoms with Crippen LogP contribution >= 0.6 is 35.3 Å². The van der Waals surface area contributed by atoms with E-state index >= 15 is 0 Å². The van der Waals surface area contributed by atoms with Gasteiger partial charge in [-0.3, -0.25) is 14.5 Å². The van der Waals surface area contributed by atoms with E-state index in [1.807, 2.05) is 60.7 Å². The Kier molecular flexibility index (Phi) is 8.86. The summed E-state index contributed by atoms with van der Waals surface area (Å²) in [4.78, 5) is 39.9. The van der Waals surface area contributed by atoms with E-state index in [0.29, 0.717) is 28.8 Å². The summed E-state index contributed by atoms with van der Waals surface area (Å²) in [6.07, 6.45) is 0. The van der Waals surface area contributed by atoms with Crippen molar-refractivity contribution in [2.24, 2.45) is 0 Å². The van der Waals surface area contributed by atoms with Crippen LogP contribution in [0.25, 0.3) is 0 Å². The number of carbonyl (C=O) groups excluding carboxylic acids is 2. The quantitative estimate of drug-likeness (QED) is 0.125. The molecule has 0 bridgehead atoms. The second kappa shape index (κ2) is 12.7. The van der Waals surface area contributed by atoms with Gasteiger partial charge in [-0.1, -0.05) is 72.4 Å². The number of H-pyrrole nitrogens is 1. The standard InChI is InChI=1S/C25H24N6O5S3/c32-21(20(16-9-5-2-6-10-16)39-14-36-11-15-7-3-1-4-8-15)26-18-22(33)31-19(24(34)35)17(12-37-23(18)31)13-38-25-27-29-30-28-25/h1-10,18,20,23H,11-14H2,(H,26,32)(H,34,35)(H,27,28,29,30)/t18-,20?,23?/m0/s1. The number of aliphatic carboxylic acids is 1. The summed E-state index contributed by atoms with van der Waals surface area (Å²) in [6.45, 7) is 0.420. The summed E-state index contributed by atoms with van der Waals surface area (Å²) in [7, 11) is 0. The van der Waals surface area contributed by atoms with Gasteiger partial charge < -0.3 is 15.2 Å². The van der Waals surface area contributed by atoms with E-state index in [4.69, 9.17) is 4.74 Å². The summed E-state index contributed by atoms with van der Waals surface area (Å²) in [5.74, 6) is -0.979. The molecule has 5 rings (SSSR count). The fourth-order valence-corrected chi connectivity index (χ4v) is 7.30. The van der Waals surface area contributed by atoms with E-state index < -0.39 is 28.5 Å². The fourth-order valence-electron chi connectivity index (χ4n) is 4.19. The van der Waals surface area contributed by atoms with Gasteiger partial charge in [-0.2, -0.15) is 5.21 Å². The molecule has 3 aromatic rings. The minimum absolute atomic E-state index is 0.0476. The van der Waals surface area contributed by atoms with Crippen molar-refractivity contribution in [1.29, 1.82) is 0 Å². The summed E-state index contributed by atoms with van der Waals surface area (Å²) in [6, 6.07) is 18.2. The van der Waals surface area contributed by atoms with Gasteiger partial charge in [0.25, 0.3) is 5.91 Å². The number of carboxylic acid groups (broad SMARTS) is 1. The van der Waals surface area contributed by atoms with Gasteiger partial charge in [0.15, 0.2) is 0 Å². The number of aromatic amines is 1. The average molecular weight is 585 g/mol. The van der Waals surface area contributed by atoms with Crippen LogP contribution in [0.3, 0.4) is 0 Å². The second-order valence-electron chi connectivity index (χ2n) is 8.55. The molecule has 2 unspecified atom stereocenters. The smallest absolute Gasteiger partial charge is 0.352 e. The fraction of sp³-hybridized carbons (Fsp3) is 0.280. The molecule has 1 saturated heterocycles. The number of β-lactam (4-membered cyclic amide) rings is 1. The van der Waals surface area contributed by atoms with Crippen LogP contribution in [-0.2, 0) is 25.7 Å². The molecule has 3 N–H and O–H groups in total. The molecule has 3 heterocycles. The normalized spacial score (nSPS) is 19.3. The van der Waals surface area contributed by atoms with Crippen LogP contribution in [-0.4, -0.2) is 77.3 Å². The zero-order chi connectivity index (χ0) is 27.2. The molecular weight excluding hydrogens is 561 g/mol. The lowest BCUT2D eigenvalue weighted by atomic mass is 10.0. The zero-order valence-electron chi connectivity index (χ0n) is 20.4. The molecule has 14 heteroatoms. The maximum absolute atomic E-state index is 13.4. The van der Waals surface area contributed by atoms with Crippen molar-refractivity contribution in [2.45, 2.75) is 28.4 Å². The first-order valence-electron chi connectivity index (χ1n) is 11.9. The number of hydrogen-bond acceptors (Lipinski definition) is 10. The molecule has 2 aromatic carbocycles. The molecule has 1 aromatic heterocycles. The number of aromatic nitrogens is 4. The third kappa shape index (κ3) is 6.30. The molecule has 3 atom stereocenters. The summed E-state index contributed by atoms with van der Waals surface area (Å²) >= 11 is 3.98. The molecule has 2 aliphatic rings. The highest BCUT2D eigenvalue weighted by Crippen LogP contribution is 2.42.